The van der Waals surface area contributed by atoms with E-state index in [0.717, 1.165) is 41.2 Å². The largest absolute Gasteiger partial charge is 0.465 e. The fraction of sp³-hybridized carbons (Fsp3) is 0.389. The number of rotatable bonds is 4. The van der Waals surface area contributed by atoms with Gasteiger partial charge in [0, 0.05) is 12.2 Å². The van der Waals surface area contributed by atoms with Crippen LogP contribution >= 0.6 is 11.3 Å². The molecule has 24 heavy (non-hydrogen) atoms. The maximum absolute atomic E-state index is 12.9. The Hall–Kier alpha value is -2.21. The Morgan fingerprint density at radius 2 is 2.17 bits per heavy atom. The van der Waals surface area contributed by atoms with Crippen LogP contribution in [0.4, 0.5) is 5.69 Å². The van der Waals surface area contributed by atoms with E-state index in [9.17, 15) is 9.59 Å². The molecule has 1 aromatic carbocycles. The molecule has 0 saturated heterocycles. The van der Waals surface area contributed by atoms with Gasteiger partial charge in [-0.3, -0.25) is 4.79 Å². The molecular formula is C18H20N2O3S. The lowest BCUT2D eigenvalue weighted by atomic mass is 10.1. The number of ether oxygens (including phenoxy) is 1. The van der Waals surface area contributed by atoms with Gasteiger partial charge in [-0.2, -0.15) is 0 Å². The van der Waals surface area contributed by atoms with Gasteiger partial charge >= 0.3 is 5.97 Å². The van der Waals surface area contributed by atoms with Crippen molar-refractivity contribution >= 4 is 28.9 Å². The number of aromatic nitrogens is 1. The summed E-state index contributed by atoms with van der Waals surface area (Å²) in [6.45, 7) is 4.62. The van der Waals surface area contributed by atoms with Gasteiger partial charge in [-0.05, 0) is 49.9 Å². The van der Waals surface area contributed by atoms with Gasteiger partial charge < -0.3 is 9.64 Å². The number of hydrogen-bond acceptors (Lipinski definition) is 5. The van der Waals surface area contributed by atoms with Gasteiger partial charge in [-0.25, -0.2) is 9.78 Å². The quantitative estimate of drug-likeness (QED) is 0.798. The maximum atomic E-state index is 12.9. The predicted octanol–water partition coefficient (Wildman–Crippen LogP) is 3.39. The highest BCUT2D eigenvalue weighted by Crippen LogP contribution is 2.32. The van der Waals surface area contributed by atoms with E-state index >= 15 is 0 Å². The average molecular weight is 344 g/mol. The number of esters is 1. The van der Waals surface area contributed by atoms with Crippen LogP contribution < -0.4 is 4.90 Å². The Kier molecular flexibility index (Phi) is 4.66. The molecule has 1 aliphatic heterocycles. The minimum absolute atomic E-state index is 0.00285. The third-order valence-electron chi connectivity index (χ3n) is 4.14. The van der Waals surface area contributed by atoms with Crippen molar-refractivity contribution in [3.05, 3.63) is 44.9 Å². The third-order valence-corrected chi connectivity index (χ3v) is 5.35. The molecule has 1 aliphatic rings. The van der Waals surface area contributed by atoms with Gasteiger partial charge in [-0.1, -0.05) is 6.92 Å². The first-order valence-corrected chi connectivity index (χ1v) is 8.86. The minimum Gasteiger partial charge on any atom is -0.465 e. The number of carbonyl (C=O) groups excluding carboxylic acids is 2. The molecule has 0 saturated carbocycles. The third kappa shape index (κ3) is 2.94. The van der Waals surface area contributed by atoms with Crippen molar-refractivity contribution in [2.45, 2.75) is 33.1 Å². The van der Waals surface area contributed by atoms with Crippen LogP contribution in [0.5, 0.6) is 0 Å². The number of aryl methyl sites for hydroxylation is 2. The van der Waals surface area contributed by atoms with Gasteiger partial charge in [0.15, 0.2) is 0 Å². The maximum Gasteiger partial charge on any atom is 0.337 e. The number of fused-ring (bicyclic) bond motifs is 1. The highest BCUT2D eigenvalue weighted by Gasteiger charge is 2.29. The lowest BCUT2D eigenvalue weighted by Gasteiger charge is -2.16. The van der Waals surface area contributed by atoms with E-state index in [0.29, 0.717) is 17.0 Å². The van der Waals surface area contributed by atoms with Crippen molar-refractivity contribution in [2.75, 3.05) is 18.6 Å². The Balaban J connectivity index is 1.88. The summed E-state index contributed by atoms with van der Waals surface area (Å²) >= 11 is 1.49. The zero-order chi connectivity index (χ0) is 17.3. The van der Waals surface area contributed by atoms with E-state index in [1.54, 1.807) is 11.0 Å². The van der Waals surface area contributed by atoms with E-state index in [1.807, 2.05) is 19.1 Å². The Labute approximate surface area is 145 Å². The van der Waals surface area contributed by atoms with Crippen LogP contribution in [-0.4, -0.2) is 30.5 Å². The summed E-state index contributed by atoms with van der Waals surface area (Å²) in [6, 6.07) is 5.35. The minimum atomic E-state index is -0.356. The van der Waals surface area contributed by atoms with Crippen molar-refractivity contribution in [2.24, 2.45) is 0 Å². The number of hydrogen-bond donors (Lipinski definition) is 0. The van der Waals surface area contributed by atoms with Gasteiger partial charge in [0.2, 0.25) is 0 Å². The molecule has 0 bridgehead atoms. The van der Waals surface area contributed by atoms with Crippen LogP contribution in [-0.2, 0) is 17.6 Å². The molecule has 6 heteroatoms. The van der Waals surface area contributed by atoms with Crippen LogP contribution in [0.15, 0.2) is 18.2 Å². The number of nitrogens with zero attached hydrogens (tertiary/aromatic N) is 2. The average Bonchev–Trinajstić information content (AvgIpc) is 3.16. The number of carbonyl (C=O) groups is 2. The summed E-state index contributed by atoms with van der Waals surface area (Å²) in [5.74, 6) is -0.359. The van der Waals surface area contributed by atoms with Crippen molar-refractivity contribution in [3.63, 3.8) is 0 Å². The van der Waals surface area contributed by atoms with Crippen LogP contribution in [0, 0.1) is 6.92 Å². The first-order valence-electron chi connectivity index (χ1n) is 8.04. The Morgan fingerprint density at radius 3 is 2.88 bits per heavy atom. The van der Waals surface area contributed by atoms with Gasteiger partial charge in [0.1, 0.15) is 4.88 Å². The highest BCUT2D eigenvalue weighted by atomic mass is 32.1. The standard InChI is InChI=1S/C18H20N2O3S/c1-4-5-15-19-11(2)16(24-15)17(21)20-9-8-12-10-13(18(22)23-3)6-7-14(12)20/h6-7,10H,4-5,8-9H2,1-3H3. The van der Waals surface area contributed by atoms with E-state index in [1.165, 1.54) is 18.4 Å². The molecule has 0 unspecified atom stereocenters. The molecule has 0 aliphatic carbocycles. The molecular weight excluding hydrogens is 324 g/mol. The number of thiazole rings is 1. The summed E-state index contributed by atoms with van der Waals surface area (Å²) < 4.78 is 4.76. The zero-order valence-corrected chi connectivity index (χ0v) is 14.9. The van der Waals surface area contributed by atoms with Crippen molar-refractivity contribution in [1.82, 2.24) is 4.98 Å². The molecule has 0 N–H and O–H groups in total. The molecule has 1 amide bonds. The fourth-order valence-electron chi connectivity index (χ4n) is 2.95. The smallest absolute Gasteiger partial charge is 0.337 e. The van der Waals surface area contributed by atoms with Crippen molar-refractivity contribution in [1.29, 1.82) is 0 Å². The second-order valence-electron chi connectivity index (χ2n) is 5.81. The number of methoxy groups -OCH3 is 1. The molecule has 0 fully saturated rings. The number of amides is 1. The van der Waals surface area contributed by atoms with E-state index in [2.05, 4.69) is 11.9 Å². The first kappa shape index (κ1) is 16.6. The fourth-order valence-corrected chi connectivity index (χ4v) is 4.07. The molecule has 3 rings (SSSR count). The van der Waals surface area contributed by atoms with Crippen LogP contribution in [0.2, 0.25) is 0 Å². The summed E-state index contributed by atoms with van der Waals surface area (Å²) in [5.41, 5.74) is 3.19. The van der Waals surface area contributed by atoms with Gasteiger partial charge in [-0.15, -0.1) is 11.3 Å². The normalized spacial score (nSPS) is 13.0. The van der Waals surface area contributed by atoms with Gasteiger partial charge in [0.05, 0.1) is 23.4 Å². The molecule has 0 atom stereocenters. The molecule has 1 aromatic heterocycles. The molecule has 126 valence electrons. The van der Waals surface area contributed by atoms with Gasteiger partial charge in [0.25, 0.3) is 5.91 Å². The lowest BCUT2D eigenvalue weighted by Crippen LogP contribution is -2.28. The van der Waals surface area contributed by atoms with Crippen LogP contribution in [0.25, 0.3) is 0 Å². The summed E-state index contributed by atoms with van der Waals surface area (Å²) in [4.78, 5) is 31.6. The second kappa shape index (κ2) is 6.73. The Bertz CT molecular complexity index is 798. The van der Waals surface area contributed by atoms with Crippen LogP contribution in [0.3, 0.4) is 0 Å². The van der Waals surface area contributed by atoms with Crippen LogP contribution in [0.1, 0.15) is 49.6 Å². The molecule has 5 nitrogen and oxygen atoms in total. The monoisotopic (exact) mass is 344 g/mol. The zero-order valence-electron chi connectivity index (χ0n) is 14.1. The van der Waals surface area contributed by atoms with Crippen molar-refractivity contribution < 1.29 is 14.3 Å². The molecule has 0 radical (unpaired) electrons. The topological polar surface area (TPSA) is 59.5 Å². The SMILES string of the molecule is CCCc1nc(C)c(C(=O)N2CCc3cc(C(=O)OC)ccc32)s1. The predicted molar refractivity (Wildman–Crippen MR) is 94.0 cm³/mol. The summed E-state index contributed by atoms with van der Waals surface area (Å²) in [5, 5.41) is 1.01. The highest BCUT2D eigenvalue weighted by molar-refractivity contribution is 7.14. The van der Waals surface area contributed by atoms with Crippen molar-refractivity contribution in [3.8, 4) is 0 Å². The first-order chi connectivity index (χ1) is 11.5. The lowest BCUT2D eigenvalue weighted by molar-refractivity contribution is 0.0600. The van der Waals surface area contributed by atoms with E-state index in [-0.39, 0.29) is 11.9 Å². The molecule has 2 heterocycles. The van der Waals surface area contributed by atoms with E-state index < -0.39 is 0 Å². The number of benzene rings is 1. The summed E-state index contributed by atoms with van der Waals surface area (Å²) in [6.07, 6.45) is 2.66. The Morgan fingerprint density at radius 1 is 1.38 bits per heavy atom. The van der Waals surface area contributed by atoms with E-state index in [4.69, 9.17) is 4.74 Å². The number of anilines is 1. The molecule has 0 spiro atoms. The summed E-state index contributed by atoms with van der Waals surface area (Å²) in [7, 11) is 1.37. The second-order valence-corrected chi connectivity index (χ2v) is 6.90. The molecule has 2 aromatic rings.